The fourth-order valence-electron chi connectivity index (χ4n) is 4.42. The Bertz CT molecular complexity index is 1020. The minimum Gasteiger partial charge on any atom is -0.353 e. The van der Waals surface area contributed by atoms with Crippen LogP contribution in [0, 0.1) is 0 Å². The molecule has 0 bridgehead atoms. The lowest BCUT2D eigenvalue weighted by Crippen LogP contribution is -2.51. The molecule has 2 aliphatic rings. The van der Waals surface area contributed by atoms with Crippen molar-refractivity contribution in [3.8, 4) is 11.4 Å². The van der Waals surface area contributed by atoms with Gasteiger partial charge in [-0.2, -0.15) is 4.98 Å². The fourth-order valence-corrected chi connectivity index (χ4v) is 4.42. The molecule has 3 aromatic rings. The molecule has 2 amide bonds. The van der Waals surface area contributed by atoms with E-state index in [9.17, 15) is 4.79 Å². The van der Waals surface area contributed by atoms with Gasteiger partial charge in [0.05, 0.1) is 0 Å². The Kier molecular flexibility index (Phi) is 6.00. The number of carbonyl (C=O) groups excluding carboxylic acids is 1. The van der Waals surface area contributed by atoms with Crippen molar-refractivity contribution in [1.82, 2.24) is 25.3 Å². The van der Waals surface area contributed by atoms with Crippen molar-refractivity contribution in [3.05, 3.63) is 60.1 Å². The van der Waals surface area contributed by atoms with Crippen LogP contribution < -0.4 is 10.2 Å². The Labute approximate surface area is 187 Å². The van der Waals surface area contributed by atoms with E-state index in [0.29, 0.717) is 31.4 Å². The maximum atomic E-state index is 12.5. The van der Waals surface area contributed by atoms with E-state index in [-0.39, 0.29) is 6.03 Å². The zero-order chi connectivity index (χ0) is 21.8. The largest absolute Gasteiger partial charge is 0.353 e. The first-order valence-corrected chi connectivity index (χ1v) is 11.4. The molecular weight excluding hydrogens is 404 g/mol. The van der Waals surface area contributed by atoms with Crippen LogP contribution in [-0.2, 0) is 6.54 Å². The molecule has 1 aliphatic carbocycles. The Morgan fingerprint density at radius 1 is 1.03 bits per heavy atom. The van der Waals surface area contributed by atoms with E-state index in [2.05, 4.69) is 25.3 Å². The molecule has 8 heteroatoms. The smallest absolute Gasteiger partial charge is 0.317 e. The quantitative estimate of drug-likeness (QED) is 0.660. The number of hydrogen-bond donors (Lipinski definition) is 1. The van der Waals surface area contributed by atoms with Crippen molar-refractivity contribution in [2.24, 2.45) is 0 Å². The first-order valence-electron chi connectivity index (χ1n) is 11.4. The Balaban J connectivity index is 1.13. The number of hydrogen-bond acceptors (Lipinski definition) is 6. The van der Waals surface area contributed by atoms with Crippen molar-refractivity contribution in [3.63, 3.8) is 0 Å². The lowest BCUT2D eigenvalue weighted by Gasteiger charge is -2.35. The first kappa shape index (κ1) is 20.5. The second-order valence-corrected chi connectivity index (χ2v) is 8.46. The summed E-state index contributed by atoms with van der Waals surface area (Å²) in [5.41, 5.74) is 1.96. The number of carbonyl (C=O) groups is 1. The summed E-state index contributed by atoms with van der Waals surface area (Å²) >= 11 is 0. The highest BCUT2D eigenvalue weighted by molar-refractivity contribution is 5.74. The van der Waals surface area contributed by atoms with Crippen molar-refractivity contribution in [2.45, 2.75) is 38.1 Å². The molecule has 1 saturated heterocycles. The van der Waals surface area contributed by atoms with Gasteiger partial charge in [-0.05, 0) is 30.5 Å². The molecule has 1 aliphatic heterocycles. The topological polar surface area (TPSA) is 87.4 Å². The molecule has 8 nitrogen and oxygen atoms in total. The molecule has 1 saturated carbocycles. The third kappa shape index (κ3) is 4.59. The van der Waals surface area contributed by atoms with E-state index in [1.54, 1.807) is 6.20 Å². The summed E-state index contributed by atoms with van der Waals surface area (Å²) in [5, 5.41) is 7.15. The summed E-state index contributed by atoms with van der Waals surface area (Å²) in [6.45, 7) is 3.37. The van der Waals surface area contributed by atoms with E-state index >= 15 is 0 Å². The number of amides is 2. The number of benzene rings is 1. The van der Waals surface area contributed by atoms with Gasteiger partial charge in [0.1, 0.15) is 5.82 Å². The standard InChI is InChI=1S/C24H28N6O2/c31-24(26-16-18-6-2-1-3-7-18)30-14-12-29(13-15-30)21-11-10-20(17-25-21)22-27-23(32-28-22)19-8-4-5-9-19/h1-3,6-7,10-11,17,19H,4-5,8-9,12-16H2,(H,26,31). The molecule has 5 rings (SSSR count). The van der Waals surface area contributed by atoms with E-state index in [0.717, 1.165) is 48.8 Å². The lowest BCUT2D eigenvalue weighted by molar-refractivity contribution is 0.194. The zero-order valence-electron chi connectivity index (χ0n) is 18.1. The molecular formula is C24H28N6O2. The minimum absolute atomic E-state index is 0.0213. The highest BCUT2D eigenvalue weighted by Crippen LogP contribution is 2.33. The molecule has 2 aromatic heterocycles. The second kappa shape index (κ2) is 9.38. The van der Waals surface area contributed by atoms with Crippen LogP contribution in [0.2, 0.25) is 0 Å². The fraction of sp³-hybridized carbons (Fsp3) is 0.417. The van der Waals surface area contributed by atoms with Gasteiger partial charge in [0.2, 0.25) is 11.7 Å². The minimum atomic E-state index is -0.0213. The number of aromatic nitrogens is 3. The second-order valence-electron chi connectivity index (χ2n) is 8.46. The van der Waals surface area contributed by atoms with E-state index in [4.69, 9.17) is 4.52 Å². The third-order valence-corrected chi connectivity index (χ3v) is 6.33. The molecule has 2 fully saturated rings. The van der Waals surface area contributed by atoms with Crippen LogP contribution in [0.3, 0.4) is 0 Å². The molecule has 0 spiro atoms. The summed E-state index contributed by atoms with van der Waals surface area (Å²) in [6, 6.07) is 13.9. The molecule has 0 atom stereocenters. The van der Waals surface area contributed by atoms with Gasteiger partial charge in [-0.3, -0.25) is 0 Å². The highest BCUT2D eigenvalue weighted by Gasteiger charge is 2.24. The highest BCUT2D eigenvalue weighted by atomic mass is 16.5. The third-order valence-electron chi connectivity index (χ3n) is 6.33. The summed E-state index contributed by atoms with van der Waals surface area (Å²) in [4.78, 5) is 25.7. The van der Waals surface area contributed by atoms with Crippen LogP contribution in [0.1, 0.15) is 43.1 Å². The number of rotatable bonds is 5. The number of nitrogens with one attached hydrogen (secondary N) is 1. The zero-order valence-corrected chi connectivity index (χ0v) is 18.1. The molecule has 1 aromatic carbocycles. The van der Waals surface area contributed by atoms with Crippen LogP contribution in [0.5, 0.6) is 0 Å². The average molecular weight is 433 g/mol. The predicted molar refractivity (Wildman–Crippen MR) is 121 cm³/mol. The number of anilines is 1. The summed E-state index contributed by atoms with van der Waals surface area (Å²) in [7, 11) is 0. The Morgan fingerprint density at radius 2 is 1.81 bits per heavy atom. The van der Waals surface area contributed by atoms with E-state index < -0.39 is 0 Å². The molecule has 32 heavy (non-hydrogen) atoms. The Hall–Kier alpha value is -3.42. The molecule has 0 radical (unpaired) electrons. The van der Waals surface area contributed by atoms with Gasteiger partial charge >= 0.3 is 6.03 Å². The van der Waals surface area contributed by atoms with Gasteiger partial charge in [0, 0.05) is 50.4 Å². The monoisotopic (exact) mass is 432 g/mol. The maximum absolute atomic E-state index is 12.5. The number of urea groups is 1. The van der Waals surface area contributed by atoms with E-state index in [1.807, 2.05) is 47.4 Å². The predicted octanol–water partition coefficient (Wildman–Crippen LogP) is 3.82. The van der Waals surface area contributed by atoms with Gasteiger partial charge in [-0.1, -0.05) is 48.3 Å². The van der Waals surface area contributed by atoms with Crippen LogP contribution in [0.15, 0.2) is 53.2 Å². The van der Waals surface area contributed by atoms with E-state index in [1.165, 1.54) is 12.8 Å². The Morgan fingerprint density at radius 3 is 2.53 bits per heavy atom. The summed E-state index contributed by atoms with van der Waals surface area (Å²) in [6.07, 6.45) is 6.54. The summed E-state index contributed by atoms with van der Waals surface area (Å²) in [5.74, 6) is 2.66. The lowest BCUT2D eigenvalue weighted by atomic mass is 10.1. The van der Waals surface area contributed by atoms with Crippen LogP contribution in [0.4, 0.5) is 10.6 Å². The maximum Gasteiger partial charge on any atom is 0.317 e. The first-order chi connectivity index (χ1) is 15.8. The molecule has 0 unspecified atom stereocenters. The van der Waals surface area contributed by atoms with Gasteiger partial charge in [0.15, 0.2) is 0 Å². The van der Waals surface area contributed by atoms with Crippen LogP contribution in [0.25, 0.3) is 11.4 Å². The number of pyridine rings is 1. The van der Waals surface area contributed by atoms with Crippen LogP contribution in [-0.4, -0.2) is 52.2 Å². The van der Waals surface area contributed by atoms with Crippen molar-refractivity contribution >= 4 is 11.8 Å². The molecule has 1 N–H and O–H groups in total. The number of piperazine rings is 1. The van der Waals surface area contributed by atoms with Gasteiger partial charge in [-0.15, -0.1) is 0 Å². The van der Waals surface area contributed by atoms with Crippen molar-refractivity contribution < 1.29 is 9.32 Å². The molecule has 166 valence electrons. The van der Waals surface area contributed by atoms with Gasteiger partial charge in [0.25, 0.3) is 0 Å². The normalized spacial score (nSPS) is 17.0. The van der Waals surface area contributed by atoms with Crippen molar-refractivity contribution in [2.75, 3.05) is 31.1 Å². The van der Waals surface area contributed by atoms with Crippen molar-refractivity contribution in [1.29, 1.82) is 0 Å². The number of nitrogens with zero attached hydrogens (tertiary/aromatic N) is 5. The SMILES string of the molecule is O=C(NCc1ccccc1)N1CCN(c2ccc(-c3noc(C4CCCC4)n3)cn2)CC1. The van der Waals surface area contributed by atoms with Crippen LogP contribution >= 0.6 is 0 Å². The van der Waals surface area contributed by atoms with Gasteiger partial charge in [-0.25, -0.2) is 9.78 Å². The van der Waals surface area contributed by atoms with Gasteiger partial charge < -0.3 is 19.6 Å². The summed E-state index contributed by atoms with van der Waals surface area (Å²) < 4.78 is 5.49. The molecule has 3 heterocycles. The average Bonchev–Trinajstić information content (AvgIpc) is 3.56.